The number of sulfonamides is 1. The number of fused-ring (bicyclic) bond motifs is 1. The predicted octanol–water partition coefficient (Wildman–Crippen LogP) is 4.49. The minimum Gasteiger partial charge on any atom is -0.292 e. The molecule has 160 valence electrons. The summed E-state index contributed by atoms with van der Waals surface area (Å²) in [5.41, 5.74) is 2.18. The number of aromatic nitrogens is 2. The van der Waals surface area contributed by atoms with E-state index < -0.39 is 10.0 Å². The van der Waals surface area contributed by atoms with Gasteiger partial charge in [-0.3, -0.25) is 4.79 Å². The van der Waals surface area contributed by atoms with Crippen LogP contribution in [0.3, 0.4) is 0 Å². The average molecular weight is 490 g/mol. The fraction of sp³-hybridized carbons (Fsp3) is 0.190. The lowest BCUT2D eigenvalue weighted by Crippen LogP contribution is -2.23. The van der Waals surface area contributed by atoms with Gasteiger partial charge in [0.1, 0.15) is 16.2 Å². The van der Waals surface area contributed by atoms with Crippen LogP contribution < -0.4 is 4.72 Å². The van der Waals surface area contributed by atoms with Crippen molar-refractivity contribution in [3.8, 4) is 11.1 Å². The molecule has 0 aliphatic heterocycles. The van der Waals surface area contributed by atoms with E-state index in [4.69, 9.17) is 0 Å². The topological polar surface area (TPSA) is 89.0 Å². The van der Waals surface area contributed by atoms with Gasteiger partial charge >= 0.3 is 0 Å². The van der Waals surface area contributed by atoms with E-state index in [-0.39, 0.29) is 11.5 Å². The van der Waals surface area contributed by atoms with Crippen LogP contribution in [0, 0.1) is 0 Å². The number of Topliss-reactive ketones (excluding diaryl/α,β-unsaturated/α-hetero) is 1. The quantitative estimate of drug-likeness (QED) is 0.212. The van der Waals surface area contributed by atoms with E-state index in [1.54, 1.807) is 23.7 Å². The lowest BCUT2D eigenvalue weighted by Gasteiger charge is -2.05. The van der Waals surface area contributed by atoms with Gasteiger partial charge in [-0.15, -0.1) is 22.7 Å². The molecule has 0 atom stereocenters. The van der Waals surface area contributed by atoms with Gasteiger partial charge in [0.25, 0.3) is 0 Å². The molecule has 0 fully saturated rings. The summed E-state index contributed by atoms with van der Waals surface area (Å²) >= 11 is 4.39. The van der Waals surface area contributed by atoms with E-state index in [0.29, 0.717) is 17.8 Å². The zero-order valence-electron chi connectivity index (χ0n) is 16.6. The molecule has 0 aliphatic carbocycles. The van der Waals surface area contributed by atoms with Crippen molar-refractivity contribution < 1.29 is 13.2 Å². The third-order valence-corrected chi connectivity index (χ3v) is 8.22. The van der Waals surface area contributed by atoms with Gasteiger partial charge in [-0.1, -0.05) is 42.1 Å². The number of carbonyl (C=O) groups excluding carboxylic acids is 1. The summed E-state index contributed by atoms with van der Waals surface area (Å²) in [5, 5.41) is 3.86. The van der Waals surface area contributed by atoms with Gasteiger partial charge in [0.15, 0.2) is 5.78 Å². The zero-order chi connectivity index (χ0) is 21.8. The van der Waals surface area contributed by atoms with Crippen LogP contribution in [0.1, 0.15) is 14.5 Å². The molecule has 0 saturated heterocycles. The fourth-order valence-electron chi connectivity index (χ4n) is 3.01. The number of nitrogens with one attached hydrogen (secondary N) is 1. The van der Waals surface area contributed by atoms with Crippen molar-refractivity contribution in [1.29, 1.82) is 0 Å². The second-order valence-electron chi connectivity index (χ2n) is 6.77. The number of hydrogen-bond acceptors (Lipinski definition) is 8. The van der Waals surface area contributed by atoms with Crippen LogP contribution in [0.5, 0.6) is 0 Å². The van der Waals surface area contributed by atoms with Crippen molar-refractivity contribution in [1.82, 2.24) is 14.7 Å². The molecule has 31 heavy (non-hydrogen) atoms. The normalized spacial score (nSPS) is 11.8. The van der Waals surface area contributed by atoms with E-state index in [2.05, 4.69) is 32.2 Å². The van der Waals surface area contributed by atoms with E-state index in [1.165, 1.54) is 23.1 Å². The number of thiophene rings is 2. The van der Waals surface area contributed by atoms with Gasteiger partial charge in [-0.25, -0.2) is 23.1 Å². The molecule has 3 heterocycles. The maximum absolute atomic E-state index is 12.7. The Morgan fingerprint density at radius 2 is 1.94 bits per heavy atom. The van der Waals surface area contributed by atoms with E-state index in [9.17, 15) is 13.2 Å². The predicted molar refractivity (Wildman–Crippen MR) is 129 cm³/mol. The Labute approximate surface area is 192 Å². The van der Waals surface area contributed by atoms with Crippen molar-refractivity contribution in [2.45, 2.75) is 11.4 Å². The molecule has 0 bridgehead atoms. The van der Waals surface area contributed by atoms with Crippen LogP contribution in [-0.2, 0) is 16.4 Å². The Hall–Kier alpha value is -2.11. The van der Waals surface area contributed by atoms with Crippen molar-refractivity contribution in [2.75, 3.05) is 18.6 Å². The van der Waals surface area contributed by atoms with Crippen LogP contribution in [-0.4, -0.2) is 42.7 Å². The number of ketones is 1. The molecule has 0 amide bonds. The molecule has 0 radical (unpaired) electrons. The number of benzene rings is 1. The Morgan fingerprint density at radius 1 is 1.13 bits per heavy atom. The van der Waals surface area contributed by atoms with E-state index in [1.807, 2.05) is 24.3 Å². The Morgan fingerprint density at radius 3 is 2.71 bits per heavy atom. The molecule has 6 nitrogen and oxygen atoms in total. The van der Waals surface area contributed by atoms with Crippen molar-refractivity contribution in [3.05, 3.63) is 63.9 Å². The molecule has 0 spiro atoms. The molecule has 1 N–H and O–H groups in total. The maximum atomic E-state index is 12.7. The minimum absolute atomic E-state index is 0.0283. The highest BCUT2D eigenvalue weighted by Crippen LogP contribution is 2.38. The van der Waals surface area contributed by atoms with Gasteiger partial charge in [-0.05, 0) is 24.1 Å². The first kappa shape index (κ1) is 22.1. The highest BCUT2D eigenvalue weighted by molar-refractivity contribution is 8.00. The molecule has 3 aromatic heterocycles. The summed E-state index contributed by atoms with van der Waals surface area (Å²) in [6.45, 7) is 0.320. The van der Waals surface area contributed by atoms with Crippen molar-refractivity contribution in [2.24, 2.45) is 0 Å². The molecule has 0 unspecified atom stereocenters. The van der Waals surface area contributed by atoms with Gasteiger partial charge in [0, 0.05) is 22.4 Å². The third-order valence-electron chi connectivity index (χ3n) is 4.43. The summed E-state index contributed by atoms with van der Waals surface area (Å²) in [7, 11) is -3.21. The van der Waals surface area contributed by atoms with Gasteiger partial charge in [-0.2, -0.15) is 0 Å². The third kappa shape index (κ3) is 5.58. The summed E-state index contributed by atoms with van der Waals surface area (Å²) in [4.78, 5) is 24.1. The fourth-order valence-corrected chi connectivity index (χ4v) is 6.40. The van der Waals surface area contributed by atoms with E-state index in [0.717, 1.165) is 37.5 Å². The van der Waals surface area contributed by atoms with Crippen LogP contribution in [0.15, 0.2) is 59.2 Å². The molecule has 10 heteroatoms. The lowest BCUT2D eigenvalue weighted by atomic mass is 10.1. The second-order valence-corrected chi connectivity index (χ2v) is 11.6. The van der Waals surface area contributed by atoms with Crippen LogP contribution >= 0.6 is 34.4 Å². The number of nitrogens with zero attached hydrogens (tertiary/aromatic N) is 2. The number of hydrogen-bond donors (Lipinski definition) is 1. The number of carbonyl (C=O) groups is 1. The molecular formula is C21H19N3O3S4. The monoisotopic (exact) mass is 489 g/mol. The molecule has 0 saturated carbocycles. The van der Waals surface area contributed by atoms with Crippen LogP contribution in [0.4, 0.5) is 0 Å². The Balaban J connectivity index is 1.46. The zero-order valence-corrected chi connectivity index (χ0v) is 19.8. The first-order valence-electron chi connectivity index (χ1n) is 9.38. The summed E-state index contributed by atoms with van der Waals surface area (Å²) in [5.74, 6) is 0.304. The molecule has 1 aromatic carbocycles. The average Bonchev–Trinajstić information content (AvgIpc) is 3.39. The highest BCUT2D eigenvalue weighted by Gasteiger charge is 2.16. The summed E-state index contributed by atoms with van der Waals surface area (Å²) < 4.78 is 24.8. The molecule has 4 aromatic rings. The largest absolute Gasteiger partial charge is 0.292 e. The van der Waals surface area contributed by atoms with Crippen LogP contribution in [0.2, 0.25) is 0 Å². The first-order valence-corrected chi connectivity index (χ1v) is 13.9. The summed E-state index contributed by atoms with van der Waals surface area (Å²) in [6, 6.07) is 13.8. The van der Waals surface area contributed by atoms with Crippen molar-refractivity contribution in [3.63, 3.8) is 0 Å². The van der Waals surface area contributed by atoms with Gasteiger partial charge < -0.3 is 0 Å². The maximum Gasteiger partial charge on any atom is 0.208 e. The molecule has 0 aliphatic rings. The lowest BCUT2D eigenvalue weighted by molar-refractivity contribution is 0.102. The number of rotatable bonds is 9. The van der Waals surface area contributed by atoms with E-state index >= 15 is 0 Å². The minimum atomic E-state index is -3.21. The van der Waals surface area contributed by atoms with Gasteiger partial charge in [0.2, 0.25) is 10.0 Å². The second kappa shape index (κ2) is 9.58. The van der Waals surface area contributed by atoms with Gasteiger partial charge in [0.05, 0.1) is 22.3 Å². The first-order chi connectivity index (χ1) is 14.9. The van der Waals surface area contributed by atoms with Crippen LogP contribution in [0.25, 0.3) is 21.3 Å². The highest BCUT2D eigenvalue weighted by atomic mass is 32.2. The Kier molecular flexibility index (Phi) is 6.83. The Bertz CT molecular complexity index is 1310. The summed E-state index contributed by atoms with van der Waals surface area (Å²) in [6.07, 6.45) is 3.23. The molecular weight excluding hydrogens is 471 g/mol. The standard InChI is InChI=1S/C21H19N3O3S4/c1-31(26,27)24-10-9-15-7-8-18(30-15)17(25)12-29-21-19-16(14-5-3-2-4-6-14)11-28-20(19)22-13-23-21/h2-8,11,13,24H,9-10,12H2,1H3. The number of thioether (sulfide) groups is 1. The van der Waals surface area contributed by atoms with Crippen molar-refractivity contribution >= 4 is 60.5 Å². The molecule has 4 rings (SSSR count). The SMILES string of the molecule is CS(=O)(=O)NCCc1ccc(C(=O)CSc2ncnc3scc(-c4ccccc4)c23)s1. The smallest absolute Gasteiger partial charge is 0.208 e.